The number of aryl methyl sites for hydroxylation is 1. The van der Waals surface area contributed by atoms with Gasteiger partial charge < -0.3 is 14.8 Å². The molecule has 0 radical (unpaired) electrons. The lowest BCUT2D eigenvalue weighted by atomic mass is 9.86. The number of halogens is 1. The second-order valence-corrected chi connectivity index (χ2v) is 11.3. The summed E-state index contributed by atoms with van der Waals surface area (Å²) >= 11 is 1.69. The zero-order valence-corrected chi connectivity index (χ0v) is 20.9. The van der Waals surface area contributed by atoms with Gasteiger partial charge in [0.1, 0.15) is 17.1 Å². The highest BCUT2D eigenvalue weighted by Crippen LogP contribution is 2.37. The van der Waals surface area contributed by atoms with Crippen molar-refractivity contribution in [2.45, 2.75) is 77.5 Å². The van der Waals surface area contributed by atoms with E-state index in [1.54, 1.807) is 34.4 Å². The highest BCUT2D eigenvalue weighted by molar-refractivity contribution is 7.19. The molecule has 3 aromatic rings. The third-order valence-electron chi connectivity index (χ3n) is 7.64. The van der Waals surface area contributed by atoms with Gasteiger partial charge in [0, 0.05) is 16.5 Å². The molecule has 34 heavy (non-hydrogen) atoms. The van der Waals surface area contributed by atoms with Crippen molar-refractivity contribution < 1.29 is 14.0 Å². The van der Waals surface area contributed by atoms with Gasteiger partial charge in [-0.25, -0.2) is 4.39 Å². The van der Waals surface area contributed by atoms with E-state index in [0.717, 1.165) is 42.3 Å². The summed E-state index contributed by atoms with van der Waals surface area (Å²) in [7, 11) is 0. The number of hydrogen-bond acceptors (Lipinski definition) is 3. The summed E-state index contributed by atoms with van der Waals surface area (Å²) in [6.07, 6.45) is 5.02. The first-order valence-electron chi connectivity index (χ1n) is 12.3. The summed E-state index contributed by atoms with van der Waals surface area (Å²) in [5, 5.41) is 3.25. The minimum Gasteiger partial charge on any atom is -0.351 e. The fourth-order valence-electron chi connectivity index (χ4n) is 5.35. The van der Waals surface area contributed by atoms with Gasteiger partial charge in [-0.2, -0.15) is 0 Å². The smallest absolute Gasteiger partial charge is 0.271 e. The predicted molar refractivity (Wildman–Crippen MR) is 133 cm³/mol. The number of benzene rings is 1. The second-order valence-electron chi connectivity index (χ2n) is 10.1. The number of rotatable bonds is 5. The van der Waals surface area contributed by atoms with Gasteiger partial charge in [-0.15, -0.1) is 11.3 Å². The monoisotopic (exact) mass is 481 g/mol. The van der Waals surface area contributed by atoms with Gasteiger partial charge in [-0.1, -0.05) is 32.0 Å². The number of nitrogens with zero attached hydrogens (tertiary/aromatic N) is 2. The van der Waals surface area contributed by atoms with E-state index >= 15 is 0 Å². The zero-order chi connectivity index (χ0) is 24.0. The molecule has 1 aliphatic heterocycles. The van der Waals surface area contributed by atoms with Gasteiger partial charge in [0.15, 0.2) is 0 Å². The van der Waals surface area contributed by atoms with Crippen LogP contribution >= 0.6 is 11.3 Å². The van der Waals surface area contributed by atoms with Crippen molar-refractivity contribution in [1.29, 1.82) is 0 Å². The van der Waals surface area contributed by atoms with E-state index in [1.807, 2.05) is 17.6 Å². The molecule has 180 valence electrons. The molecule has 7 heteroatoms. The van der Waals surface area contributed by atoms with Gasteiger partial charge >= 0.3 is 0 Å². The molecule has 3 heterocycles. The Balaban J connectivity index is 1.53. The number of carbonyl (C=O) groups excluding carboxylic acids is 2. The fourth-order valence-corrected chi connectivity index (χ4v) is 6.39. The van der Waals surface area contributed by atoms with Gasteiger partial charge in [-0.3, -0.25) is 9.59 Å². The molecule has 5 nitrogen and oxygen atoms in total. The van der Waals surface area contributed by atoms with E-state index < -0.39 is 5.54 Å². The van der Waals surface area contributed by atoms with Crippen LogP contribution in [0.15, 0.2) is 36.4 Å². The summed E-state index contributed by atoms with van der Waals surface area (Å²) in [5.74, 6) is -0.0745. The lowest BCUT2D eigenvalue weighted by molar-refractivity contribution is -0.134. The minimum absolute atomic E-state index is 0.0518. The lowest BCUT2D eigenvalue weighted by Gasteiger charge is -2.45. The number of aromatic nitrogens is 1. The van der Waals surface area contributed by atoms with Gasteiger partial charge in [0.2, 0.25) is 5.91 Å². The molecule has 1 saturated carbocycles. The first kappa shape index (κ1) is 23.1. The van der Waals surface area contributed by atoms with Crippen molar-refractivity contribution in [2.75, 3.05) is 0 Å². The standard InChI is InChI=1S/C27H32FN3O2S/c1-4-20-13-22-24(34-20)14-23-25(32)31(15-18-7-5-6-8-21(18)28)27(3,16-30(22)23)26(33)29-19-11-9-17(2)10-12-19/h5-8,13-14,17,19H,4,9-12,15-16H2,1-3H3,(H,29,33)/t17?,19?,27-/m0/s1. The van der Waals surface area contributed by atoms with Crippen LogP contribution in [0.4, 0.5) is 4.39 Å². The zero-order valence-electron chi connectivity index (χ0n) is 20.1. The largest absolute Gasteiger partial charge is 0.351 e. The molecule has 0 saturated heterocycles. The van der Waals surface area contributed by atoms with E-state index in [-0.39, 0.29) is 30.2 Å². The quantitative estimate of drug-likeness (QED) is 0.522. The van der Waals surface area contributed by atoms with Gasteiger partial charge in [-0.05, 0) is 63.1 Å². The van der Waals surface area contributed by atoms with E-state index in [0.29, 0.717) is 23.7 Å². The number of fused-ring (bicyclic) bond motifs is 3. The van der Waals surface area contributed by atoms with Crippen molar-refractivity contribution in [2.24, 2.45) is 5.92 Å². The Labute approximate surface area is 203 Å². The average Bonchev–Trinajstić information content (AvgIpc) is 3.38. The van der Waals surface area contributed by atoms with Crippen LogP contribution in [0.3, 0.4) is 0 Å². The van der Waals surface area contributed by atoms with E-state index in [1.165, 1.54) is 10.9 Å². The average molecular weight is 482 g/mol. The van der Waals surface area contributed by atoms with Crippen LogP contribution in [0.5, 0.6) is 0 Å². The summed E-state index contributed by atoms with van der Waals surface area (Å²) < 4.78 is 17.6. The maximum Gasteiger partial charge on any atom is 0.271 e. The maximum atomic E-state index is 14.6. The molecule has 1 atom stereocenters. The van der Waals surface area contributed by atoms with E-state index in [9.17, 15) is 14.0 Å². The van der Waals surface area contributed by atoms with E-state index in [2.05, 4.69) is 25.2 Å². The van der Waals surface area contributed by atoms with Crippen LogP contribution in [0, 0.1) is 11.7 Å². The van der Waals surface area contributed by atoms with Gasteiger partial charge in [0.25, 0.3) is 5.91 Å². The maximum absolute atomic E-state index is 14.6. The summed E-state index contributed by atoms with van der Waals surface area (Å²) in [5.41, 5.74) is 0.852. The van der Waals surface area contributed by atoms with Crippen molar-refractivity contribution in [3.63, 3.8) is 0 Å². The third-order valence-corrected chi connectivity index (χ3v) is 8.86. The van der Waals surface area contributed by atoms with Crippen LogP contribution in [0.25, 0.3) is 10.2 Å². The first-order valence-corrected chi connectivity index (χ1v) is 13.1. The highest BCUT2D eigenvalue weighted by atomic mass is 32.1. The number of carbonyl (C=O) groups is 2. The molecule has 0 unspecified atom stereocenters. The molecule has 1 aliphatic carbocycles. The Morgan fingerprint density at radius 2 is 1.94 bits per heavy atom. The Kier molecular flexibility index (Phi) is 6.00. The van der Waals surface area contributed by atoms with Crippen LogP contribution in [0.1, 0.15) is 67.4 Å². The van der Waals surface area contributed by atoms with E-state index in [4.69, 9.17) is 0 Å². The second kappa shape index (κ2) is 8.84. The van der Waals surface area contributed by atoms with Crippen molar-refractivity contribution in [1.82, 2.24) is 14.8 Å². The minimum atomic E-state index is -1.13. The Hall–Kier alpha value is -2.67. The topological polar surface area (TPSA) is 54.3 Å². The molecule has 1 N–H and O–H groups in total. The number of amides is 2. The molecule has 0 bridgehead atoms. The Bertz CT molecular complexity index is 1240. The molecule has 1 fully saturated rings. The lowest BCUT2D eigenvalue weighted by Crippen LogP contribution is -2.64. The molecular formula is C27H32FN3O2S. The van der Waals surface area contributed by atoms with Crippen molar-refractivity contribution in [3.05, 3.63) is 58.3 Å². The summed E-state index contributed by atoms with van der Waals surface area (Å²) in [6, 6.07) is 10.7. The van der Waals surface area contributed by atoms with Crippen LogP contribution in [-0.2, 0) is 24.3 Å². The molecular weight excluding hydrogens is 449 g/mol. The Morgan fingerprint density at radius 1 is 1.21 bits per heavy atom. The molecule has 5 rings (SSSR count). The van der Waals surface area contributed by atoms with Crippen LogP contribution < -0.4 is 5.32 Å². The molecule has 2 amide bonds. The highest BCUT2D eigenvalue weighted by Gasteiger charge is 2.48. The molecule has 1 aromatic carbocycles. The summed E-state index contributed by atoms with van der Waals surface area (Å²) in [4.78, 5) is 30.5. The van der Waals surface area contributed by atoms with Crippen LogP contribution in [0.2, 0.25) is 0 Å². The normalized spacial score (nSPS) is 24.9. The molecule has 2 aromatic heterocycles. The molecule has 0 spiro atoms. The number of nitrogens with one attached hydrogen (secondary N) is 1. The summed E-state index contributed by atoms with van der Waals surface area (Å²) in [6.45, 7) is 6.59. The first-order chi connectivity index (χ1) is 16.3. The SMILES string of the molecule is CCc1cc2c(cc3n2C[C@@](C)(C(=O)NC2CCC(C)CC2)N(Cc2ccccc2F)C3=O)s1. The van der Waals surface area contributed by atoms with Crippen molar-refractivity contribution in [3.8, 4) is 0 Å². The third kappa shape index (κ3) is 3.94. The Morgan fingerprint density at radius 3 is 2.65 bits per heavy atom. The van der Waals surface area contributed by atoms with Crippen LogP contribution in [-0.4, -0.2) is 32.9 Å². The molecule has 2 aliphatic rings. The predicted octanol–water partition coefficient (Wildman–Crippen LogP) is 5.51. The van der Waals surface area contributed by atoms with Crippen molar-refractivity contribution >= 4 is 33.4 Å². The number of hydrogen-bond donors (Lipinski definition) is 1. The number of thiophene rings is 1. The van der Waals surface area contributed by atoms with Gasteiger partial charge in [0.05, 0.1) is 23.3 Å². The fraction of sp³-hybridized carbons (Fsp3) is 0.481.